The first-order valence-electron chi connectivity index (χ1n) is 14.1. The number of carbonyl (C=O) groups excluding carboxylic acids is 4. The van der Waals surface area contributed by atoms with Gasteiger partial charge in [0.1, 0.15) is 17.6 Å². The quantitative estimate of drug-likeness (QED) is 0.207. The van der Waals surface area contributed by atoms with Crippen molar-refractivity contribution >= 4 is 58.2 Å². The van der Waals surface area contributed by atoms with Gasteiger partial charge in [-0.2, -0.15) is 0 Å². The smallest absolute Gasteiger partial charge is 0.338 e. The molecule has 2 N–H and O–H groups in total. The number of nitrogens with one attached hydrogen (secondary N) is 1. The molecule has 0 aliphatic carbocycles. The molecule has 3 heterocycles. The molecule has 3 unspecified atom stereocenters. The lowest BCUT2D eigenvalue weighted by atomic mass is 9.83. The zero-order chi connectivity index (χ0) is 32.7. The third-order valence-corrected chi connectivity index (χ3v) is 10.3. The summed E-state index contributed by atoms with van der Waals surface area (Å²) in [6.07, 6.45) is 0. The van der Waals surface area contributed by atoms with Crippen LogP contribution in [0.25, 0.3) is 0 Å². The van der Waals surface area contributed by atoms with Crippen LogP contribution in [0.1, 0.15) is 33.6 Å². The number of fused-ring (bicyclic) bond motifs is 2. The van der Waals surface area contributed by atoms with Gasteiger partial charge in [-0.05, 0) is 73.2 Å². The maximum absolute atomic E-state index is 14.1. The van der Waals surface area contributed by atoms with Gasteiger partial charge < -0.3 is 19.9 Å². The molecule has 236 valence electrons. The lowest BCUT2D eigenvalue weighted by Crippen LogP contribution is -2.33. The monoisotopic (exact) mass is 663 g/mol. The van der Waals surface area contributed by atoms with E-state index in [0.717, 1.165) is 28.0 Å². The second-order valence-electron chi connectivity index (χ2n) is 10.4. The van der Waals surface area contributed by atoms with Crippen molar-refractivity contribution in [3.8, 4) is 11.5 Å². The summed E-state index contributed by atoms with van der Waals surface area (Å²) in [5, 5.41) is 12.3. The number of esters is 1. The average Bonchev–Trinajstić information content (AvgIpc) is 3.48. The zero-order valence-corrected chi connectivity index (χ0v) is 26.0. The number of ether oxygens (including phenoxy) is 2. The highest BCUT2D eigenvalue weighted by molar-refractivity contribution is 8.00. The van der Waals surface area contributed by atoms with Crippen LogP contribution < -0.4 is 19.8 Å². The van der Waals surface area contributed by atoms with Crippen LogP contribution in [-0.4, -0.2) is 52.3 Å². The van der Waals surface area contributed by atoms with E-state index in [9.17, 15) is 33.5 Å². The number of thioether (sulfide) groups is 1. The van der Waals surface area contributed by atoms with Crippen molar-refractivity contribution in [3.63, 3.8) is 0 Å². The van der Waals surface area contributed by atoms with Gasteiger partial charge in [0.25, 0.3) is 0 Å². The molecule has 1 aromatic heterocycles. The fourth-order valence-electron chi connectivity index (χ4n) is 5.59. The van der Waals surface area contributed by atoms with Gasteiger partial charge in [0.05, 0.1) is 35.9 Å². The predicted octanol–water partition coefficient (Wildman–Crippen LogP) is 4.37. The Bertz CT molecular complexity index is 1920. The first-order valence-corrected chi connectivity index (χ1v) is 15.8. The third kappa shape index (κ3) is 5.54. The predicted molar refractivity (Wildman–Crippen MR) is 168 cm³/mol. The molecule has 0 radical (unpaired) electrons. The molecule has 1 fully saturated rings. The first-order chi connectivity index (χ1) is 22.1. The van der Waals surface area contributed by atoms with E-state index in [4.69, 9.17) is 9.47 Å². The Kier molecular flexibility index (Phi) is 8.40. The normalized spacial score (nSPS) is 18.6. The van der Waals surface area contributed by atoms with E-state index in [2.05, 4.69) is 5.32 Å². The number of thiazole rings is 1. The Morgan fingerprint density at radius 2 is 1.72 bits per heavy atom. The highest BCUT2D eigenvalue weighted by Crippen LogP contribution is 2.54. The number of anilines is 2. The van der Waals surface area contributed by atoms with Crippen molar-refractivity contribution in [2.45, 2.75) is 29.7 Å². The van der Waals surface area contributed by atoms with E-state index in [1.807, 2.05) is 0 Å². The number of nitrogens with zero attached hydrogens (tertiary/aromatic N) is 2. The number of hydrogen-bond acceptors (Lipinski definition) is 10. The second-order valence-corrected chi connectivity index (χ2v) is 12.6. The number of methoxy groups -OCH3 is 1. The number of hydrogen-bond donors (Lipinski definition) is 2. The van der Waals surface area contributed by atoms with E-state index in [1.54, 1.807) is 19.1 Å². The van der Waals surface area contributed by atoms with Crippen molar-refractivity contribution in [1.29, 1.82) is 0 Å². The van der Waals surface area contributed by atoms with E-state index in [1.165, 1.54) is 66.3 Å². The number of benzene rings is 3. The van der Waals surface area contributed by atoms with E-state index < -0.39 is 51.5 Å². The lowest BCUT2D eigenvalue weighted by Gasteiger charge is -2.31. The fraction of sp³-hybridized carbons (Fsp3) is 0.219. The summed E-state index contributed by atoms with van der Waals surface area (Å²) in [7, 11) is 1.38. The third-order valence-electron chi connectivity index (χ3n) is 7.68. The van der Waals surface area contributed by atoms with Crippen molar-refractivity contribution in [3.05, 3.63) is 98.2 Å². The summed E-state index contributed by atoms with van der Waals surface area (Å²) < 4.78 is 24.9. The van der Waals surface area contributed by atoms with Crippen LogP contribution >= 0.6 is 23.1 Å². The topological polar surface area (TPSA) is 144 Å². The number of carbonyl (C=O) groups is 4. The Hall–Kier alpha value is -4.95. The number of aromatic nitrogens is 1. The minimum atomic E-state index is -0.963. The Balaban J connectivity index is 1.39. The second kappa shape index (κ2) is 12.4. The van der Waals surface area contributed by atoms with Crippen LogP contribution in [0.4, 0.5) is 15.8 Å². The molecule has 3 amide bonds. The maximum Gasteiger partial charge on any atom is 0.338 e. The lowest BCUT2D eigenvalue weighted by molar-refractivity contribution is -0.122. The summed E-state index contributed by atoms with van der Waals surface area (Å²) in [4.78, 5) is 67.7. The molecule has 46 heavy (non-hydrogen) atoms. The number of imide groups is 1. The van der Waals surface area contributed by atoms with Gasteiger partial charge in [-0.25, -0.2) is 14.1 Å². The number of aromatic hydroxyl groups is 1. The van der Waals surface area contributed by atoms with E-state index >= 15 is 0 Å². The SMILES string of the molecule is CCOC(=O)c1ccc(N2C(=O)C3Sc4c(sc(=O)n4CC(=O)Nc4ccc(F)cc4)C(c4ccc(O)c(OC)c4)C3C2=O)cc1. The summed E-state index contributed by atoms with van der Waals surface area (Å²) in [6.45, 7) is 1.49. The first kappa shape index (κ1) is 31.0. The molecule has 3 atom stereocenters. The van der Waals surface area contributed by atoms with E-state index in [0.29, 0.717) is 21.2 Å². The van der Waals surface area contributed by atoms with Gasteiger partial charge in [-0.15, -0.1) is 0 Å². The highest BCUT2D eigenvalue weighted by atomic mass is 32.2. The standard InChI is InChI=1S/C32H26FN3O8S2/c1-3-44-31(41)16-4-11-20(12-5-16)36-28(39)25-24(17-6-13-21(37)22(14-17)43-2)27-30(45-26(25)29(36)40)35(32(42)46-27)15-23(38)34-19-9-7-18(33)8-10-19/h4-14,24-26,37H,3,15H2,1-2H3,(H,34,38). The molecule has 0 spiro atoms. The van der Waals surface area contributed by atoms with Crippen LogP contribution in [-0.2, 0) is 25.7 Å². The minimum absolute atomic E-state index is 0.131. The van der Waals surface area contributed by atoms with Gasteiger partial charge in [0.2, 0.25) is 17.7 Å². The number of phenols is 1. The Morgan fingerprint density at radius 3 is 2.39 bits per heavy atom. The summed E-state index contributed by atoms with van der Waals surface area (Å²) in [5.41, 5.74) is 1.39. The van der Waals surface area contributed by atoms with Crippen LogP contribution in [0.3, 0.4) is 0 Å². The van der Waals surface area contributed by atoms with Crippen LogP contribution in [0.5, 0.6) is 11.5 Å². The number of halogens is 1. The number of amides is 3. The molecule has 14 heteroatoms. The number of phenolic OH excluding ortho intramolecular Hbond substituents is 1. The molecule has 0 saturated carbocycles. The summed E-state index contributed by atoms with van der Waals surface area (Å²) in [6, 6.07) is 15.7. The molecule has 6 rings (SSSR count). The molecule has 2 aliphatic rings. The number of rotatable bonds is 8. The maximum atomic E-state index is 14.1. The Labute approximate surface area is 269 Å². The molecule has 3 aromatic carbocycles. The van der Waals surface area contributed by atoms with Gasteiger partial charge in [-0.3, -0.25) is 23.7 Å². The summed E-state index contributed by atoms with van der Waals surface area (Å²) in [5.74, 6) is -4.30. The molecule has 11 nitrogen and oxygen atoms in total. The molecular weight excluding hydrogens is 637 g/mol. The van der Waals surface area contributed by atoms with Gasteiger partial charge in [-0.1, -0.05) is 29.2 Å². The van der Waals surface area contributed by atoms with Crippen molar-refractivity contribution in [2.24, 2.45) is 5.92 Å². The summed E-state index contributed by atoms with van der Waals surface area (Å²) >= 11 is 1.91. The Morgan fingerprint density at radius 1 is 1.00 bits per heavy atom. The van der Waals surface area contributed by atoms with Gasteiger partial charge >= 0.3 is 10.8 Å². The zero-order valence-electron chi connectivity index (χ0n) is 24.4. The largest absolute Gasteiger partial charge is 0.504 e. The van der Waals surface area contributed by atoms with Gasteiger partial charge in [0, 0.05) is 16.5 Å². The molecule has 4 aromatic rings. The van der Waals surface area contributed by atoms with Crippen molar-refractivity contribution in [2.75, 3.05) is 23.9 Å². The van der Waals surface area contributed by atoms with Crippen LogP contribution in [0.15, 0.2) is 76.6 Å². The molecule has 1 saturated heterocycles. The minimum Gasteiger partial charge on any atom is -0.504 e. The van der Waals surface area contributed by atoms with Crippen LogP contribution in [0.2, 0.25) is 0 Å². The van der Waals surface area contributed by atoms with E-state index in [-0.39, 0.29) is 35.9 Å². The van der Waals surface area contributed by atoms with Crippen LogP contribution in [0, 0.1) is 11.7 Å². The molecule has 0 bridgehead atoms. The van der Waals surface area contributed by atoms with Crippen molar-refractivity contribution in [1.82, 2.24) is 4.57 Å². The average molecular weight is 664 g/mol. The highest BCUT2D eigenvalue weighted by Gasteiger charge is 2.57. The fourth-order valence-corrected chi connectivity index (χ4v) is 8.37. The molecular formula is C32H26FN3O8S2. The van der Waals surface area contributed by atoms with Gasteiger partial charge in [0.15, 0.2) is 11.5 Å². The molecule has 2 aliphatic heterocycles. The van der Waals surface area contributed by atoms with Crippen molar-refractivity contribution < 1.29 is 38.1 Å².